The van der Waals surface area contributed by atoms with Crippen LogP contribution in [0.15, 0.2) is 18.3 Å². The van der Waals surface area contributed by atoms with Crippen LogP contribution in [0, 0.1) is 5.41 Å². The van der Waals surface area contributed by atoms with Crippen LogP contribution < -0.4 is 0 Å². The Morgan fingerprint density at radius 1 is 1.48 bits per heavy atom. The molecule has 1 aromatic rings. The van der Waals surface area contributed by atoms with E-state index in [1.165, 1.54) is 0 Å². The average molecular weight is 311 g/mol. The molecular weight excluding hydrogens is 288 g/mol. The molecule has 1 aromatic heterocycles. The van der Waals surface area contributed by atoms with Crippen LogP contribution in [-0.2, 0) is 11.3 Å². The molecule has 1 spiro atoms. The second-order valence-electron chi connectivity index (χ2n) is 6.16. The second-order valence-corrected chi connectivity index (χ2v) is 6.52. The molecule has 1 N–H and O–H groups in total. The average Bonchev–Trinajstić information content (AvgIpc) is 2.50. The maximum Gasteiger partial charge on any atom is 0.133 e. The van der Waals surface area contributed by atoms with E-state index in [2.05, 4.69) is 9.88 Å². The molecule has 4 nitrogen and oxygen atoms in total. The van der Waals surface area contributed by atoms with Crippen LogP contribution in [-0.4, -0.2) is 46.9 Å². The molecule has 2 aliphatic rings. The minimum atomic E-state index is -0.196. The Hall–Kier alpha value is -0.680. The molecule has 2 unspecified atom stereocenters. The van der Waals surface area contributed by atoms with Gasteiger partial charge in [0.2, 0.25) is 0 Å². The van der Waals surface area contributed by atoms with Crippen molar-refractivity contribution in [3.05, 3.63) is 29.0 Å². The van der Waals surface area contributed by atoms with E-state index in [1.807, 2.05) is 19.1 Å². The number of ether oxygens (including phenoxy) is 1. The largest absolute Gasteiger partial charge is 0.392 e. The van der Waals surface area contributed by atoms with Crippen molar-refractivity contribution in [2.75, 3.05) is 19.7 Å². The molecule has 0 aromatic carbocycles. The summed E-state index contributed by atoms with van der Waals surface area (Å²) in [5.41, 5.74) is 1.07. The molecule has 0 radical (unpaired) electrons. The zero-order chi connectivity index (χ0) is 14.9. The van der Waals surface area contributed by atoms with Gasteiger partial charge < -0.3 is 9.84 Å². The molecule has 1 aliphatic carbocycles. The Kier molecular flexibility index (Phi) is 4.50. The Labute approximate surface area is 131 Å². The molecule has 2 atom stereocenters. The van der Waals surface area contributed by atoms with Gasteiger partial charge in [-0.2, -0.15) is 0 Å². The van der Waals surface area contributed by atoms with Crippen LogP contribution in [0.4, 0.5) is 0 Å². The summed E-state index contributed by atoms with van der Waals surface area (Å²) >= 11 is 6.13. The molecular formula is C16H23ClN2O2. The van der Waals surface area contributed by atoms with Gasteiger partial charge in [-0.1, -0.05) is 17.7 Å². The molecule has 3 rings (SSSR count). The summed E-state index contributed by atoms with van der Waals surface area (Å²) in [4.78, 5) is 6.52. The second kappa shape index (κ2) is 6.21. The van der Waals surface area contributed by atoms with E-state index >= 15 is 0 Å². The normalized spacial score (nSPS) is 28.5. The van der Waals surface area contributed by atoms with Gasteiger partial charge in [-0.3, -0.25) is 4.90 Å². The first-order chi connectivity index (χ1) is 10.2. The minimum absolute atomic E-state index is 0.00869. The van der Waals surface area contributed by atoms with Gasteiger partial charge in [0, 0.05) is 36.7 Å². The van der Waals surface area contributed by atoms with Crippen molar-refractivity contribution in [2.45, 2.75) is 44.9 Å². The minimum Gasteiger partial charge on any atom is -0.392 e. The molecule has 116 valence electrons. The number of aliphatic hydroxyl groups is 1. The quantitative estimate of drug-likeness (QED) is 0.868. The van der Waals surface area contributed by atoms with Gasteiger partial charge >= 0.3 is 0 Å². The number of hydrogen-bond donors (Lipinski definition) is 1. The highest BCUT2D eigenvalue weighted by Gasteiger charge is 2.55. The number of rotatable bonds is 4. The molecule has 0 bridgehead atoms. The first-order valence-electron chi connectivity index (χ1n) is 7.77. The van der Waals surface area contributed by atoms with Gasteiger partial charge in [0.05, 0.1) is 12.2 Å². The zero-order valence-electron chi connectivity index (χ0n) is 12.5. The Morgan fingerprint density at radius 3 is 2.86 bits per heavy atom. The van der Waals surface area contributed by atoms with Gasteiger partial charge in [0.25, 0.3) is 0 Å². The first-order valence-corrected chi connectivity index (χ1v) is 8.15. The maximum absolute atomic E-state index is 10.2. The predicted octanol–water partition coefficient (Wildman–Crippen LogP) is 2.49. The monoisotopic (exact) mass is 310 g/mol. The van der Waals surface area contributed by atoms with E-state index in [1.54, 1.807) is 6.20 Å². The van der Waals surface area contributed by atoms with E-state index < -0.39 is 0 Å². The highest BCUT2D eigenvalue weighted by molar-refractivity contribution is 6.30. The lowest BCUT2D eigenvalue weighted by Gasteiger charge is -2.56. The lowest BCUT2D eigenvalue weighted by atomic mass is 9.58. The fourth-order valence-electron chi connectivity index (χ4n) is 3.72. The van der Waals surface area contributed by atoms with E-state index in [0.717, 1.165) is 51.1 Å². The van der Waals surface area contributed by atoms with Crippen LogP contribution >= 0.6 is 11.6 Å². The molecule has 2 heterocycles. The van der Waals surface area contributed by atoms with Gasteiger partial charge in [-0.15, -0.1) is 0 Å². The van der Waals surface area contributed by atoms with Crippen LogP contribution in [0.1, 0.15) is 31.7 Å². The Bertz CT molecular complexity index is 487. The molecule has 2 fully saturated rings. The van der Waals surface area contributed by atoms with Crippen molar-refractivity contribution < 1.29 is 9.84 Å². The molecule has 21 heavy (non-hydrogen) atoms. The molecule has 1 saturated heterocycles. The van der Waals surface area contributed by atoms with E-state index in [0.29, 0.717) is 5.15 Å². The SMILES string of the molecule is CCOC1CC(O)C12CCN(Cc1cccnc1Cl)CC2. The van der Waals surface area contributed by atoms with Crippen molar-refractivity contribution in [2.24, 2.45) is 5.41 Å². The number of nitrogens with zero attached hydrogens (tertiary/aromatic N) is 2. The summed E-state index contributed by atoms with van der Waals surface area (Å²) in [5, 5.41) is 10.8. The number of halogens is 1. The lowest BCUT2D eigenvalue weighted by Crippen LogP contribution is -2.62. The lowest BCUT2D eigenvalue weighted by molar-refractivity contribution is -0.209. The van der Waals surface area contributed by atoms with Crippen LogP contribution in [0.25, 0.3) is 0 Å². The fraction of sp³-hybridized carbons (Fsp3) is 0.688. The van der Waals surface area contributed by atoms with Gasteiger partial charge in [-0.05, 0) is 38.9 Å². The van der Waals surface area contributed by atoms with Crippen molar-refractivity contribution in [1.29, 1.82) is 0 Å². The van der Waals surface area contributed by atoms with Crippen molar-refractivity contribution in [3.63, 3.8) is 0 Å². The highest BCUT2D eigenvalue weighted by atomic mass is 35.5. The zero-order valence-corrected chi connectivity index (χ0v) is 13.2. The summed E-state index contributed by atoms with van der Waals surface area (Å²) in [6, 6.07) is 3.95. The number of aromatic nitrogens is 1. The van der Waals surface area contributed by atoms with Crippen molar-refractivity contribution in [3.8, 4) is 0 Å². The number of aliphatic hydroxyl groups excluding tert-OH is 1. The third-order valence-electron chi connectivity index (χ3n) is 5.13. The topological polar surface area (TPSA) is 45.6 Å². The number of piperidine rings is 1. The van der Waals surface area contributed by atoms with Crippen LogP contribution in [0.3, 0.4) is 0 Å². The van der Waals surface area contributed by atoms with Crippen molar-refractivity contribution >= 4 is 11.6 Å². The number of likely N-dealkylation sites (tertiary alicyclic amines) is 1. The number of hydrogen-bond acceptors (Lipinski definition) is 4. The van der Waals surface area contributed by atoms with Gasteiger partial charge in [0.1, 0.15) is 5.15 Å². The van der Waals surface area contributed by atoms with Crippen LogP contribution in [0.2, 0.25) is 5.15 Å². The summed E-state index contributed by atoms with van der Waals surface area (Å²) in [6.45, 7) is 5.54. The maximum atomic E-state index is 10.2. The Balaban J connectivity index is 1.59. The van der Waals surface area contributed by atoms with E-state index in [9.17, 15) is 5.11 Å². The predicted molar refractivity (Wildman–Crippen MR) is 82.2 cm³/mol. The third-order valence-corrected chi connectivity index (χ3v) is 5.47. The standard InChI is InChI=1S/C16H23ClN2O2/c1-2-21-14-10-13(20)16(14)5-8-19(9-6-16)11-12-4-3-7-18-15(12)17/h3-4,7,13-14,20H,2,5-6,8-11H2,1H3. The van der Waals surface area contributed by atoms with Gasteiger partial charge in [-0.25, -0.2) is 4.98 Å². The van der Waals surface area contributed by atoms with Crippen LogP contribution in [0.5, 0.6) is 0 Å². The van der Waals surface area contributed by atoms with E-state index in [-0.39, 0.29) is 17.6 Å². The molecule has 1 saturated carbocycles. The molecule has 0 amide bonds. The smallest absolute Gasteiger partial charge is 0.133 e. The Morgan fingerprint density at radius 2 is 2.24 bits per heavy atom. The fourth-order valence-corrected chi connectivity index (χ4v) is 3.90. The van der Waals surface area contributed by atoms with E-state index in [4.69, 9.17) is 16.3 Å². The number of pyridine rings is 1. The summed E-state index contributed by atoms with van der Waals surface area (Å²) in [7, 11) is 0. The highest BCUT2D eigenvalue weighted by Crippen LogP contribution is 2.51. The summed E-state index contributed by atoms with van der Waals surface area (Å²) in [6.07, 6.45) is 4.55. The summed E-state index contributed by atoms with van der Waals surface area (Å²) < 4.78 is 5.80. The molecule has 1 aliphatic heterocycles. The molecule has 5 heteroatoms. The van der Waals surface area contributed by atoms with Crippen molar-refractivity contribution in [1.82, 2.24) is 9.88 Å². The first kappa shape index (κ1) is 15.2. The summed E-state index contributed by atoms with van der Waals surface area (Å²) in [5.74, 6) is 0. The third kappa shape index (κ3) is 2.82. The van der Waals surface area contributed by atoms with Gasteiger partial charge in [0.15, 0.2) is 0 Å².